The quantitative estimate of drug-likeness (QED) is 0.562. The Morgan fingerprint density at radius 2 is 2.33 bits per heavy atom. The number of hydrogen-bond acceptors (Lipinski definition) is 1. The molecule has 0 spiro atoms. The van der Waals surface area contributed by atoms with Crippen molar-refractivity contribution >= 4 is 0 Å². The number of ether oxygens (including phenoxy) is 1. The van der Waals surface area contributed by atoms with Gasteiger partial charge in [0.05, 0.1) is 6.10 Å². The molecule has 1 fully saturated rings. The molecule has 0 aliphatic heterocycles. The monoisotopic (exact) mass is 135 g/mol. The third-order valence-electron chi connectivity index (χ3n) is 1.42. The Hall–Kier alpha value is -0.180. The summed E-state index contributed by atoms with van der Waals surface area (Å²) in [5.41, 5.74) is 0. The van der Waals surface area contributed by atoms with Crippen molar-refractivity contribution in [3.8, 4) is 0 Å². The highest BCUT2D eigenvalue weighted by Gasteiger charge is 2.18. The number of rotatable bonds is 2. The van der Waals surface area contributed by atoms with Crippen molar-refractivity contribution in [2.75, 3.05) is 0 Å². The summed E-state index contributed by atoms with van der Waals surface area (Å²) in [4.78, 5) is 0. The average molecular weight is 135 g/mol. The lowest BCUT2D eigenvalue weighted by Crippen LogP contribution is -2.11. The van der Waals surface area contributed by atoms with Crippen molar-refractivity contribution in [2.45, 2.75) is 32.0 Å². The number of hydrogen-bond donors (Lipinski definition) is 0. The highest BCUT2D eigenvalue weighted by molar-refractivity contribution is 4.80. The van der Waals surface area contributed by atoms with Gasteiger partial charge in [-0.25, -0.2) is 0 Å². The molecule has 1 nitrogen and oxygen atoms in total. The third kappa shape index (κ3) is 2.26. The fourth-order valence-electron chi connectivity index (χ4n) is 0.994. The van der Waals surface area contributed by atoms with Gasteiger partial charge >= 0.3 is 6.61 Å². The van der Waals surface area contributed by atoms with E-state index in [1.807, 2.05) is 6.42 Å². The van der Waals surface area contributed by atoms with E-state index in [0.717, 1.165) is 12.8 Å². The van der Waals surface area contributed by atoms with Gasteiger partial charge in [0.2, 0.25) is 0 Å². The van der Waals surface area contributed by atoms with E-state index in [4.69, 9.17) is 0 Å². The van der Waals surface area contributed by atoms with Gasteiger partial charge in [-0.15, -0.1) is 0 Å². The minimum Gasteiger partial charge on any atom is -0.320 e. The van der Waals surface area contributed by atoms with Crippen LogP contribution in [0.4, 0.5) is 8.78 Å². The zero-order valence-electron chi connectivity index (χ0n) is 5.02. The highest BCUT2D eigenvalue weighted by Crippen LogP contribution is 2.21. The lowest BCUT2D eigenvalue weighted by molar-refractivity contribution is -0.159. The van der Waals surface area contributed by atoms with Crippen LogP contribution < -0.4 is 0 Å². The molecule has 1 atom stereocenters. The molecule has 1 aliphatic carbocycles. The average Bonchev–Trinajstić information content (AvgIpc) is 2.15. The second-order valence-electron chi connectivity index (χ2n) is 2.12. The maximum Gasteiger partial charge on any atom is 0.345 e. The maximum absolute atomic E-state index is 11.5. The molecule has 1 radical (unpaired) electrons. The van der Waals surface area contributed by atoms with Crippen LogP contribution in [-0.2, 0) is 4.74 Å². The second kappa shape index (κ2) is 3.11. The predicted octanol–water partition coefficient (Wildman–Crippen LogP) is 1.98. The smallest absolute Gasteiger partial charge is 0.320 e. The summed E-state index contributed by atoms with van der Waals surface area (Å²) in [6.45, 7) is -2.60. The zero-order chi connectivity index (χ0) is 6.69. The van der Waals surface area contributed by atoms with Crippen LogP contribution in [0.5, 0.6) is 0 Å². The Balaban J connectivity index is 2.11. The van der Waals surface area contributed by atoms with Crippen LogP contribution in [0.1, 0.15) is 19.3 Å². The van der Waals surface area contributed by atoms with Crippen molar-refractivity contribution in [3.05, 3.63) is 6.42 Å². The van der Waals surface area contributed by atoms with E-state index >= 15 is 0 Å². The Kier molecular flexibility index (Phi) is 2.39. The molecule has 1 rings (SSSR count). The molecule has 53 valence electrons. The topological polar surface area (TPSA) is 9.23 Å². The molecule has 0 aromatic rings. The van der Waals surface area contributed by atoms with Crippen LogP contribution >= 0.6 is 0 Å². The van der Waals surface area contributed by atoms with Gasteiger partial charge < -0.3 is 4.74 Å². The largest absolute Gasteiger partial charge is 0.345 e. The fourth-order valence-corrected chi connectivity index (χ4v) is 0.994. The molecular formula is C6H9F2O. The summed E-state index contributed by atoms with van der Waals surface area (Å²) in [6, 6.07) is 0. The molecule has 0 saturated heterocycles. The molecule has 0 aromatic heterocycles. The van der Waals surface area contributed by atoms with Gasteiger partial charge in [0.15, 0.2) is 0 Å². The van der Waals surface area contributed by atoms with E-state index in [-0.39, 0.29) is 6.10 Å². The van der Waals surface area contributed by atoms with Crippen molar-refractivity contribution in [3.63, 3.8) is 0 Å². The first-order valence-corrected chi connectivity index (χ1v) is 3.04. The summed E-state index contributed by atoms with van der Waals surface area (Å²) < 4.78 is 27.1. The maximum atomic E-state index is 11.5. The summed E-state index contributed by atoms with van der Waals surface area (Å²) >= 11 is 0. The lowest BCUT2D eigenvalue weighted by Gasteiger charge is -2.07. The molecule has 0 heterocycles. The summed E-state index contributed by atoms with van der Waals surface area (Å²) in [5.74, 6) is 0. The fraction of sp³-hybridized carbons (Fsp3) is 0.833. The van der Waals surface area contributed by atoms with Gasteiger partial charge in [0.1, 0.15) is 0 Å². The summed E-state index contributed by atoms with van der Waals surface area (Å²) in [6.07, 6.45) is 4.11. The zero-order valence-corrected chi connectivity index (χ0v) is 5.02. The SMILES string of the molecule is FC(F)OC1C[CH]CC1. The molecule has 1 saturated carbocycles. The molecule has 0 N–H and O–H groups in total. The molecule has 9 heavy (non-hydrogen) atoms. The van der Waals surface area contributed by atoms with Gasteiger partial charge in [-0.05, 0) is 25.7 Å². The van der Waals surface area contributed by atoms with E-state index in [2.05, 4.69) is 4.74 Å². The minimum atomic E-state index is -2.60. The standard InChI is InChI=1S/C6H9F2O/c7-6(8)9-5-3-1-2-4-5/h1,5-6H,2-4H2. The lowest BCUT2D eigenvalue weighted by atomic mass is 10.3. The van der Waals surface area contributed by atoms with E-state index in [9.17, 15) is 8.78 Å². The predicted molar refractivity (Wildman–Crippen MR) is 29.0 cm³/mol. The van der Waals surface area contributed by atoms with Crippen LogP contribution in [0, 0.1) is 6.42 Å². The third-order valence-corrected chi connectivity index (χ3v) is 1.42. The van der Waals surface area contributed by atoms with Crippen molar-refractivity contribution in [2.24, 2.45) is 0 Å². The van der Waals surface area contributed by atoms with E-state index in [1.165, 1.54) is 0 Å². The Labute approximate surface area is 53.0 Å². The van der Waals surface area contributed by atoms with E-state index in [0.29, 0.717) is 6.42 Å². The number of alkyl halides is 2. The number of halogens is 2. The summed E-state index contributed by atoms with van der Waals surface area (Å²) in [5, 5.41) is 0. The second-order valence-corrected chi connectivity index (χ2v) is 2.12. The Morgan fingerprint density at radius 1 is 1.56 bits per heavy atom. The molecular weight excluding hydrogens is 126 g/mol. The van der Waals surface area contributed by atoms with Crippen LogP contribution in [0.15, 0.2) is 0 Å². The first kappa shape index (κ1) is 6.93. The first-order chi connectivity index (χ1) is 4.29. The normalized spacial score (nSPS) is 21.7. The van der Waals surface area contributed by atoms with Crippen LogP contribution in [0.25, 0.3) is 0 Å². The van der Waals surface area contributed by atoms with Crippen molar-refractivity contribution in [1.82, 2.24) is 0 Å². The van der Waals surface area contributed by atoms with Crippen molar-refractivity contribution < 1.29 is 13.5 Å². The van der Waals surface area contributed by atoms with Gasteiger partial charge in [0.25, 0.3) is 0 Å². The minimum absolute atomic E-state index is 0.218. The molecule has 3 heteroatoms. The first-order valence-electron chi connectivity index (χ1n) is 3.04. The van der Waals surface area contributed by atoms with Crippen LogP contribution in [0.2, 0.25) is 0 Å². The van der Waals surface area contributed by atoms with Gasteiger partial charge in [0, 0.05) is 0 Å². The van der Waals surface area contributed by atoms with Gasteiger partial charge in [-0.2, -0.15) is 8.78 Å². The van der Waals surface area contributed by atoms with Crippen molar-refractivity contribution in [1.29, 1.82) is 0 Å². The molecule has 0 aromatic carbocycles. The molecule has 1 aliphatic rings. The molecule has 0 amide bonds. The van der Waals surface area contributed by atoms with E-state index < -0.39 is 6.61 Å². The molecule has 0 bridgehead atoms. The van der Waals surface area contributed by atoms with Gasteiger partial charge in [-0.1, -0.05) is 0 Å². The van der Waals surface area contributed by atoms with Gasteiger partial charge in [-0.3, -0.25) is 0 Å². The molecule has 1 unspecified atom stereocenters. The Bertz CT molecular complexity index is 79.1. The van der Waals surface area contributed by atoms with Crippen LogP contribution in [0.3, 0.4) is 0 Å². The highest BCUT2D eigenvalue weighted by atomic mass is 19.3. The summed E-state index contributed by atoms with van der Waals surface area (Å²) in [7, 11) is 0. The van der Waals surface area contributed by atoms with E-state index in [1.54, 1.807) is 0 Å². The van der Waals surface area contributed by atoms with Crippen LogP contribution in [-0.4, -0.2) is 12.7 Å². The Morgan fingerprint density at radius 3 is 2.78 bits per heavy atom.